The molecule has 0 saturated carbocycles. The number of oxazole rings is 1. The van der Waals surface area contributed by atoms with Crippen LogP contribution in [-0.4, -0.2) is 4.98 Å². The van der Waals surface area contributed by atoms with Crippen molar-refractivity contribution in [3.63, 3.8) is 0 Å². The molecule has 0 bridgehead atoms. The van der Waals surface area contributed by atoms with Gasteiger partial charge in [-0.1, -0.05) is 27.7 Å². The monoisotopic (exact) mass is 301 g/mol. The van der Waals surface area contributed by atoms with Crippen LogP contribution in [0.4, 0.5) is 4.39 Å². The van der Waals surface area contributed by atoms with Crippen LogP contribution in [0.2, 0.25) is 0 Å². The molecule has 1 aromatic heterocycles. The minimum Gasteiger partial charge on any atom is -0.440 e. The summed E-state index contributed by atoms with van der Waals surface area (Å²) in [6, 6.07) is 4.82. The predicted octanol–water partition coefficient (Wildman–Crippen LogP) is 4.18. The molecule has 0 aliphatic carbocycles. The maximum absolute atomic E-state index is 13.1. The smallest absolute Gasteiger partial charge is 0.256 e. The van der Waals surface area contributed by atoms with Crippen LogP contribution in [0.5, 0.6) is 0 Å². The molecule has 2 aromatic rings. The number of aromatic nitrogens is 1. The number of aryl methyl sites for hydroxylation is 1. The molecule has 0 spiro atoms. The lowest BCUT2D eigenvalue weighted by Crippen LogP contribution is -1.84. The molecule has 1 heterocycles. The molecule has 0 unspecified atom stereocenters. The Morgan fingerprint density at radius 2 is 2.25 bits per heavy atom. The number of hydrogen-bond donors (Lipinski definition) is 0. The SMILES string of the molecule is Cc1coc(SCc2cc(F)cc(Br)c2)n1. The fraction of sp³-hybridized carbons (Fsp3) is 0.182. The number of benzene rings is 1. The van der Waals surface area contributed by atoms with Crippen LogP contribution in [0.1, 0.15) is 11.3 Å². The van der Waals surface area contributed by atoms with Gasteiger partial charge in [0.1, 0.15) is 12.1 Å². The van der Waals surface area contributed by atoms with Gasteiger partial charge in [-0.2, -0.15) is 0 Å². The Bertz CT molecular complexity index is 480. The van der Waals surface area contributed by atoms with Gasteiger partial charge in [-0.15, -0.1) is 0 Å². The Morgan fingerprint density at radius 1 is 1.44 bits per heavy atom. The molecule has 0 fully saturated rings. The third-order valence-corrected chi connectivity index (χ3v) is 3.25. The van der Waals surface area contributed by atoms with Crippen molar-refractivity contribution < 1.29 is 8.81 Å². The van der Waals surface area contributed by atoms with Crippen molar-refractivity contribution in [2.45, 2.75) is 17.9 Å². The summed E-state index contributed by atoms with van der Waals surface area (Å²) in [5, 5.41) is 0.609. The molecule has 2 nitrogen and oxygen atoms in total. The summed E-state index contributed by atoms with van der Waals surface area (Å²) >= 11 is 4.70. The summed E-state index contributed by atoms with van der Waals surface area (Å²) in [5.74, 6) is 0.393. The lowest BCUT2D eigenvalue weighted by molar-refractivity contribution is 0.454. The second-order valence-corrected chi connectivity index (χ2v) is 5.16. The summed E-state index contributed by atoms with van der Waals surface area (Å²) in [4.78, 5) is 4.16. The van der Waals surface area contributed by atoms with Crippen molar-refractivity contribution in [1.82, 2.24) is 4.98 Å². The van der Waals surface area contributed by atoms with Crippen LogP contribution < -0.4 is 0 Å². The van der Waals surface area contributed by atoms with Gasteiger partial charge in [0.25, 0.3) is 5.22 Å². The van der Waals surface area contributed by atoms with Gasteiger partial charge in [0, 0.05) is 10.2 Å². The maximum atomic E-state index is 13.1. The number of hydrogen-bond acceptors (Lipinski definition) is 3. The van der Waals surface area contributed by atoms with Gasteiger partial charge >= 0.3 is 0 Å². The van der Waals surface area contributed by atoms with Gasteiger partial charge < -0.3 is 4.42 Å². The van der Waals surface area contributed by atoms with E-state index in [1.54, 1.807) is 6.26 Å². The van der Waals surface area contributed by atoms with Crippen molar-refractivity contribution in [3.05, 3.63) is 46.0 Å². The van der Waals surface area contributed by atoms with Gasteiger partial charge in [-0.05, 0) is 30.7 Å². The standard InChI is InChI=1S/C11H9BrFNOS/c1-7-5-15-11(14-7)16-6-8-2-9(12)4-10(13)3-8/h2-5H,6H2,1H3. The van der Waals surface area contributed by atoms with E-state index < -0.39 is 0 Å². The van der Waals surface area contributed by atoms with Crippen LogP contribution in [0.15, 0.2) is 38.6 Å². The highest BCUT2D eigenvalue weighted by atomic mass is 79.9. The lowest BCUT2D eigenvalue weighted by Gasteiger charge is -2.00. The van der Waals surface area contributed by atoms with Gasteiger partial charge in [-0.25, -0.2) is 9.37 Å². The molecule has 0 aliphatic rings. The first-order chi connectivity index (χ1) is 7.63. The summed E-state index contributed by atoms with van der Waals surface area (Å²) < 4.78 is 19.0. The molecule has 0 saturated heterocycles. The van der Waals surface area contributed by atoms with E-state index in [0.29, 0.717) is 11.0 Å². The van der Waals surface area contributed by atoms with Crippen LogP contribution in [0.25, 0.3) is 0 Å². The van der Waals surface area contributed by atoms with E-state index in [1.807, 2.05) is 13.0 Å². The van der Waals surface area contributed by atoms with E-state index in [9.17, 15) is 4.39 Å². The van der Waals surface area contributed by atoms with Gasteiger partial charge in [0.15, 0.2) is 0 Å². The van der Waals surface area contributed by atoms with E-state index >= 15 is 0 Å². The predicted molar refractivity (Wildman–Crippen MR) is 64.9 cm³/mol. The first-order valence-corrected chi connectivity index (χ1v) is 6.41. The topological polar surface area (TPSA) is 26.0 Å². The molecular formula is C11H9BrFNOS. The Kier molecular flexibility index (Phi) is 3.66. The fourth-order valence-corrected chi connectivity index (χ4v) is 2.53. The van der Waals surface area contributed by atoms with Gasteiger partial charge in [0.05, 0.1) is 5.69 Å². The maximum Gasteiger partial charge on any atom is 0.256 e. The second kappa shape index (κ2) is 5.01. The molecule has 1 aromatic carbocycles. The highest BCUT2D eigenvalue weighted by molar-refractivity contribution is 9.10. The van der Waals surface area contributed by atoms with E-state index in [1.165, 1.54) is 23.9 Å². The highest BCUT2D eigenvalue weighted by Crippen LogP contribution is 2.24. The van der Waals surface area contributed by atoms with Crippen LogP contribution in [0, 0.1) is 12.7 Å². The molecule has 0 radical (unpaired) electrons. The molecule has 0 aliphatic heterocycles. The van der Waals surface area contributed by atoms with E-state index in [0.717, 1.165) is 15.7 Å². The third kappa shape index (κ3) is 3.09. The average molecular weight is 302 g/mol. The Labute approximate surface area is 105 Å². The number of halogens is 2. The summed E-state index contributed by atoms with van der Waals surface area (Å²) in [6.07, 6.45) is 1.60. The molecule has 5 heteroatoms. The minimum atomic E-state index is -0.242. The van der Waals surface area contributed by atoms with Crippen molar-refractivity contribution in [2.75, 3.05) is 0 Å². The quantitative estimate of drug-likeness (QED) is 0.796. The minimum absolute atomic E-state index is 0.242. The van der Waals surface area contributed by atoms with Crippen molar-refractivity contribution in [1.29, 1.82) is 0 Å². The first-order valence-electron chi connectivity index (χ1n) is 4.63. The second-order valence-electron chi connectivity index (χ2n) is 3.32. The molecule has 16 heavy (non-hydrogen) atoms. The number of thioether (sulfide) groups is 1. The fourth-order valence-electron chi connectivity index (χ4n) is 1.24. The molecule has 84 valence electrons. The Morgan fingerprint density at radius 3 is 2.88 bits per heavy atom. The number of nitrogens with zero attached hydrogens (tertiary/aromatic N) is 1. The zero-order valence-corrected chi connectivity index (χ0v) is 10.9. The molecule has 0 amide bonds. The number of rotatable bonds is 3. The van der Waals surface area contributed by atoms with Crippen molar-refractivity contribution >= 4 is 27.7 Å². The third-order valence-electron chi connectivity index (χ3n) is 1.88. The van der Waals surface area contributed by atoms with Crippen molar-refractivity contribution in [2.24, 2.45) is 0 Å². The highest BCUT2D eigenvalue weighted by Gasteiger charge is 2.04. The van der Waals surface area contributed by atoms with Crippen LogP contribution >= 0.6 is 27.7 Å². The van der Waals surface area contributed by atoms with Crippen LogP contribution in [-0.2, 0) is 5.75 Å². The summed E-state index contributed by atoms with van der Waals surface area (Å²) in [7, 11) is 0. The van der Waals surface area contributed by atoms with E-state index in [2.05, 4.69) is 20.9 Å². The Balaban J connectivity index is 2.04. The van der Waals surface area contributed by atoms with Crippen molar-refractivity contribution in [3.8, 4) is 0 Å². The Hall–Kier alpha value is -0.810. The van der Waals surface area contributed by atoms with E-state index in [-0.39, 0.29) is 5.82 Å². The molecular weight excluding hydrogens is 293 g/mol. The zero-order chi connectivity index (χ0) is 11.5. The summed E-state index contributed by atoms with van der Waals surface area (Å²) in [5.41, 5.74) is 1.75. The van der Waals surface area contributed by atoms with Gasteiger partial charge in [0.2, 0.25) is 0 Å². The van der Waals surface area contributed by atoms with Gasteiger partial charge in [-0.3, -0.25) is 0 Å². The lowest BCUT2D eigenvalue weighted by atomic mass is 10.2. The van der Waals surface area contributed by atoms with Crippen LogP contribution in [0.3, 0.4) is 0 Å². The first kappa shape index (κ1) is 11.7. The summed E-state index contributed by atoms with van der Waals surface area (Å²) in [6.45, 7) is 1.87. The molecule has 0 N–H and O–H groups in total. The largest absolute Gasteiger partial charge is 0.440 e. The average Bonchev–Trinajstić information content (AvgIpc) is 2.60. The normalized spacial score (nSPS) is 10.7. The molecule has 2 rings (SSSR count). The molecule has 0 atom stereocenters. The zero-order valence-electron chi connectivity index (χ0n) is 8.54. The van der Waals surface area contributed by atoms with E-state index in [4.69, 9.17) is 4.42 Å².